The van der Waals surface area contributed by atoms with E-state index < -0.39 is 16.0 Å². The number of aromatic carboxylic acids is 1. The predicted octanol–water partition coefficient (Wildman–Crippen LogP) is 1.14. The molecule has 0 amide bonds. The van der Waals surface area contributed by atoms with Crippen LogP contribution in [0.5, 0.6) is 0 Å². The Hall–Kier alpha value is -1.99. The standard InChI is InChI=1S/C12H14N2O4S/c1-3-7-14(8-4-2)19(17,18)11-6-5-10(9-13-11)12(15)16/h3-6,9H,1-2,7-8H2,(H,15,16). The molecule has 0 saturated heterocycles. The summed E-state index contributed by atoms with van der Waals surface area (Å²) < 4.78 is 25.6. The van der Waals surface area contributed by atoms with Gasteiger partial charge in [-0.15, -0.1) is 13.2 Å². The number of rotatable bonds is 7. The van der Waals surface area contributed by atoms with E-state index in [1.165, 1.54) is 18.2 Å². The van der Waals surface area contributed by atoms with Gasteiger partial charge in [0.25, 0.3) is 10.0 Å². The van der Waals surface area contributed by atoms with E-state index in [2.05, 4.69) is 18.1 Å². The molecule has 0 radical (unpaired) electrons. The van der Waals surface area contributed by atoms with Crippen LogP contribution >= 0.6 is 0 Å². The maximum atomic E-state index is 12.2. The maximum Gasteiger partial charge on any atom is 0.337 e. The molecule has 0 atom stereocenters. The van der Waals surface area contributed by atoms with Crippen LogP contribution in [0.3, 0.4) is 0 Å². The highest BCUT2D eigenvalue weighted by molar-refractivity contribution is 7.89. The van der Waals surface area contributed by atoms with Gasteiger partial charge in [0.2, 0.25) is 0 Å². The van der Waals surface area contributed by atoms with Crippen LogP contribution in [0.25, 0.3) is 0 Å². The zero-order chi connectivity index (χ0) is 14.5. The summed E-state index contributed by atoms with van der Waals surface area (Å²) in [5, 5.41) is 8.52. The molecule has 0 aliphatic rings. The third kappa shape index (κ3) is 3.49. The molecule has 0 aromatic carbocycles. The molecule has 0 aliphatic heterocycles. The first kappa shape index (κ1) is 15.1. The number of pyridine rings is 1. The number of hydrogen-bond acceptors (Lipinski definition) is 4. The SMILES string of the molecule is C=CCN(CC=C)S(=O)(=O)c1ccc(C(=O)O)cn1. The number of sulfonamides is 1. The van der Waals surface area contributed by atoms with E-state index in [9.17, 15) is 13.2 Å². The minimum Gasteiger partial charge on any atom is -0.478 e. The van der Waals surface area contributed by atoms with Crippen molar-refractivity contribution in [3.63, 3.8) is 0 Å². The van der Waals surface area contributed by atoms with Crippen LogP contribution in [-0.2, 0) is 10.0 Å². The van der Waals surface area contributed by atoms with Crippen LogP contribution in [0, 0.1) is 0 Å². The van der Waals surface area contributed by atoms with Gasteiger partial charge in [0.15, 0.2) is 5.03 Å². The second kappa shape index (κ2) is 6.26. The first-order valence-electron chi connectivity index (χ1n) is 5.34. The molecule has 7 heteroatoms. The number of aromatic nitrogens is 1. The van der Waals surface area contributed by atoms with E-state index in [1.807, 2.05) is 0 Å². The van der Waals surface area contributed by atoms with Crippen molar-refractivity contribution in [1.82, 2.24) is 9.29 Å². The molecule has 6 nitrogen and oxygen atoms in total. The van der Waals surface area contributed by atoms with Gasteiger partial charge in [0.05, 0.1) is 5.56 Å². The molecule has 0 unspecified atom stereocenters. The molecule has 1 aromatic heterocycles. The normalized spacial score (nSPS) is 11.2. The lowest BCUT2D eigenvalue weighted by atomic mass is 10.3. The average molecular weight is 282 g/mol. The fourth-order valence-electron chi connectivity index (χ4n) is 1.35. The van der Waals surface area contributed by atoms with Crippen molar-refractivity contribution in [2.45, 2.75) is 5.03 Å². The van der Waals surface area contributed by atoms with Crippen molar-refractivity contribution in [2.75, 3.05) is 13.1 Å². The Bertz CT molecular complexity index is 568. The summed E-state index contributed by atoms with van der Waals surface area (Å²) in [6.45, 7) is 7.22. The van der Waals surface area contributed by atoms with Crippen LogP contribution in [0.4, 0.5) is 0 Å². The van der Waals surface area contributed by atoms with Crippen LogP contribution in [0.15, 0.2) is 48.7 Å². The molecule has 102 valence electrons. The van der Waals surface area contributed by atoms with Crippen molar-refractivity contribution in [1.29, 1.82) is 0 Å². The minimum absolute atomic E-state index is 0.0714. The van der Waals surface area contributed by atoms with E-state index in [-0.39, 0.29) is 23.7 Å². The molecule has 1 aromatic rings. The summed E-state index contributed by atoms with van der Waals surface area (Å²) in [5.41, 5.74) is -0.0714. The molecule has 0 aliphatic carbocycles. The summed E-state index contributed by atoms with van der Waals surface area (Å²) in [6.07, 6.45) is 3.91. The fraction of sp³-hybridized carbons (Fsp3) is 0.167. The predicted molar refractivity (Wildman–Crippen MR) is 70.3 cm³/mol. The molecule has 0 fully saturated rings. The molecule has 1 N–H and O–H groups in total. The molecule has 0 spiro atoms. The first-order valence-corrected chi connectivity index (χ1v) is 6.78. The van der Waals surface area contributed by atoms with Gasteiger partial charge >= 0.3 is 5.97 Å². The molecule has 19 heavy (non-hydrogen) atoms. The Labute approximate surface area is 111 Å². The monoisotopic (exact) mass is 282 g/mol. The summed E-state index contributed by atoms with van der Waals surface area (Å²) in [4.78, 5) is 14.4. The van der Waals surface area contributed by atoms with Crippen LogP contribution in [-0.4, -0.2) is 41.9 Å². The highest BCUT2D eigenvalue weighted by Crippen LogP contribution is 2.13. The summed E-state index contributed by atoms with van der Waals surface area (Å²) in [5.74, 6) is -1.16. The van der Waals surface area contributed by atoms with E-state index in [0.717, 1.165) is 16.6 Å². The van der Waals surface area contributed by atoms with Crippen molar-refractivity contribution in [2.24, 2.45) is 0 Å². The van der Waals surface area contributed by atoms with E-state index in [4.69, 9.17) is 5.11 Å². The molecule has 1 heterocycles. The third-order valence-corrected chi connectivity index (χ3v) is 4.00. The first-order chi connectivity index (χ1) is 8.93. The van der Waals surface area contributed by atoms with E-state index in [1.54, 1.807) is 0 Å². The zero-order valence-electron chi connectivity index (χ0n) is 10.2. The van der Waals surface area contributed by atoms with Crippen LogP contribution in [0.2, 0.25) is 0 Å². The summed E-state index contributed by atoms with van der Waals surface area (Å²) >= 11 is 0. The van der Waals surface area contributed by atoms with Gasteiger partial charge in [-0.2, -0.15) is 4.31 Å². The van der Waals surface area contributed by atoms with Crippen LogP contribution < -0.4 is 0 Å². The fourth-order valence-corrected chi connectivity index (χ4v) is 2.64. The Morgan fingerprint density at radius 3 is 2.26 bits per heavy atom. The van der Waals surface area contributed by atoms with E-state index in [0.29, 0.717) is 0 Å². The van der Waals surface area contributed by atoms with E-state index >= 15 is 0 Å². The number of carboxylic acid groups (broad SMARTS) is 1. The quantitative estimate of drug-likeness (QED) is 0.758. The van der Waals surface area contributed by atoms with Crippen molar-refractivity contribution < 1.29 is 18.3 Å². The van der Waals surface area contributed by atoms with Gasteiger partial charge in [-0.05, 0) is 12.1 Å². The number of carbonyl (C=O) groups is 1. The van der Waals surface area contributed by atoms with Gasteiger partial charge in [0.1, 0.15) is 0 Å². The number of nitrogens with zero attached hydrogens (tertiary/aromatic N) is 2. The lowest BCUT2D eigenvalue weighted by Crippen LogP contribution is -2.32. The minimum atomic E-state index is -3.78. The summed E-state index contributed by atoms with van der Waals surface area (Å²) in [6, 6.07) is 2.36. The van der Waals surface area contributed by atoms with Crippen LogP contribution in [0.1, 0.15) is 10.4 Å². The van der Waals surface area contributed by atoms with Gasteiger partial charge in [0, 0.05) is 19.3 Å². The lowest BCUT2D eigenvalue weighted by Gasteiger charge is -2.18. The van der Waals surface area contributed by atoms with Gasteiger partial charge in [-0.25, -0.2) is 18.2 Å². The Kier molecular flexibility index (Phi) is 4.96. The largest absolute Gasteiger partial charge is 0.478 e. The second-order valence-corrected chi connectivity index (χ2v) is 5.47. The molecular weight excluding hydrogens is 268 g/mol. The topological polar surface area (TPSA) is 87.6 Å². The Morgan fingerprint density at radius 1 is 1.32 bits per heavy atom. The van der Waals surface area contributed by atoms with Crippen molar-refractivity contribution >= 4 is 16.0 Å². The lowest BCUT2D eigenvalue weighted by molar-refractivity contribution is 0.0696. The highest BCUT2D eigenvalue weighted by Gasteiger charge is 2.23. The number of hydrogen-bond donors (Lipinski definition) is 1. The molecule has 0 saturated carbocycles. The maximum absolute atomic E-state index is 12.2. The van der Waals surface area contributed by atoms with Crippen molar-refractivity contribution in [3.05, 3.63) is 49.2 Å². The molecular formula is C12H14N2O4S. The zero-order valence-corrected chi connectivity index (χ0v) is 11.0. The number of carboxylic acids is 1. The van der Waals surface area contributed by atoms with Gasteiger partial charge in [-0.1, -0.05) is 12.2 Å². The van der Waals surface area contributed by atoms with Gasteiger partial charge < -0.3 is 5.11 Å². The van der Waals surface area contributed by atoms with Gasteiger partial charge in [-0.3, -0.25) is 0 Å². The summed E-state index contributed by atoms with van der Waals surface area (Å²) in [7, 11) is -3.78. The third-order valence-electron chi connectivity index (χ3n) is 2.25. The average Bonchev–Trinajstić information content (AvgIpc) is 2.38. The second-order valence-electron chi connectivity index (χ2n) is 3.59. The molecule has 0 bridgehead atoms. The highest BCUT2D eigenvalue weighted by atomic mass is 32.2. The Balaban J connectivity index is 3.13. The van der Waals surface area contributed by atoms with Crippen molar-refractivity contribution in [3.8, 4) is 0 Å². The smallest absolute Gasteiger partial charge is 0.337 e. The Morgan fingerprint density at radius 2 is 1.89 bits per heavy atom. The molecule has 1 rings (SSSR count).